The lowest BCUT2D eigenvalue weighted by Gasteiger charge is -2.27. The number of nitrogens with zero attached hydrogens (tertiary/aromatic N) is 1. The molecule has 0 aliphatic rings. The van der Waals surface area contributed by atoms with Gasteiger partial charge in [0.05, 0.1) is 27.7 Å². The van der Waals surface area contributed by atoms with Crippen LogP contribution in [-0.4, -0.2) is 38.3 Å². The molecule has 1 aromatic heterocycles. The number of hydrogen-bond donors (Lipinski definition) is 0. The Labute approximate surface area is 146 Å². The van der Waals surface area contributed by atoms with Crippen LogP contribution < -0.4 is 5.43 Å². The molecule has 0 saturated heterocycles. The predicted octanol–water partition coefficient (Wildman–Crippen LogP) is 4.03. The summed E-state index contributed by atoms with van der Waals surface area (Å²) >= 11 is 1.66. The highest BCUT2D eigenvalue weighted by Gasteiger charge is 2.14. The lowest BCUT2D eigenvalue weighted by atomic mass is 10.1. The van der Waals surface area contributed by atoms with E-state index in [0.717, 1.165) is 36.8 Å². The third kappa shape index (κ3) is 3.83. The molecule has 3 aromatic rings. The first-order valence-electron chi connectivity index (χ1n) is 8.20. The minimum Gasteiger partial charge on any atom is -0.368 e. The van der Waals surface area contributed by atoms with Crippen molar-refractivity contribution in [2.45, 2.75) is 19.6 Å². The van der Waals surface area contributed by atoms with Crippen molar-refractivity contribution in [1.29, 1.82) is 0 Å². The third-order valence-corrected chi connectivity index (χ3v) is 5.13. The summed E-state index contributed by atoms with van der Waals surface area (Å²) in [6.07, 6.45) is 0.173. The molecule has 1 heterocycles. The van der Waals surface area contributed by atoms with E-state index < -0.39 is 0 Å². The fraction of sp³-hybridized carbons (Fsp3) is 0.350. The lowest BCUT2D eigenvalue weighted by molar-refractivity contribution is -0.873. The smallest absolute Gasteiger partial charge is 0.195 e. The average molecular weight is 342 g/mol. The van der Waals surface area contributed by atoms with E-state index in [1.165, 1.54) is 0 Å². The van der Waals surface area contributed by atoms with Gasteiger partial charge >= 0.3 is 0 Å². The van der Waals surface area contributed by atoms with Crippen LogP contribution in [-0.2, 0) is 11.3 Å². The van der Waals surface area contributed by atoms with Crippen molar-refractivity contribution in [2.75, 3.05) is 27.7 Å². The second kappa shape index (κ2) is 6.63. The van der Waals surface area contributed by atoms with Crippen molar-refractivity contribution in [3.63, 3.8) is 0 Å². The molecule has 0 bridgehead atoms. The van der Waals surface area contributed by atoms with Gasteiger partial charge < -0.3 is 9.22 Å². The van der Waals surface area contributed by atoms with Gasteiger partial charge in [0.2, 0.25) is 0 Å². The minimum absolute atomic E-state index is 0.112. The molecule has 2 aromatic carbocycles. The Morgan fingerprint density at radius 2 is 1.75 bits per heavy atom. The van der Waals surface area contributed by atoms with Crippen LogP contribution in [0.4, 0.5) is 0 Å². The first-order chi connectivity index (χ1) is 11.3. The number of ether oxygens (including phenoxy) is 1. The molecule has 3 nitrogen and oxygen atoms in total. The molecule has 4 heteroatoms. The van der Waals surface area contributed by atoms with Crippen molar-refractivity contribution < 1.29 is 9.22 Å². The molecule has 0 aliphatic carbocycles. The molecule has 0 fully saturated rings. The Hall–Kier alpha value is -1.75. The van der Waals surface area contributed by atoms with E-state index in [1.54, 1.807) is 11.3 Å². The summed E-state index contributed by atoms with van der Waals surface area (Å²) in [7, 11) is 6.48. The molecule has 0 aliphatic heterocycles. The van der Waals surface area contributed by atoms with Crippen molar-refractivity contribution in [1.82, 2.24) is 0 Å². The van der Waals surface area contributed by atoms with Crippen molar-refractivity contribution in [3.05, 3.63) is 58.3 Å². The first kappa shape index (κ1) is 17.1. The Bertz CT molecular complexity index is 924. The first-order valence-corrected chi connectivity index (χ1v) is 9.02. The van der Waals surface area contributed by atoms with E-state index in [0.29, 0.717) is 6.61 Å². The average Bonchev–Trinajstić information content (AvgIpc) is 2.52. The second-order valence-corrected chi connectivity index (χ2v) is 8.44. The maximum atomic E-state index is 12.7. The van der Waals surface area contributed by atoms with Crippen molar-refractivity contribution >= 4 is 31.5 Å². The summed E-state index contributed by atoms with van der Waals surface area (Å²) in [5.41, 5.74) is 1.16. The Kier molecular flexibility index (Phi) is 4.72. The number of benzene rings is 2. The van der Waals surface area contributed by atoms with Crippen LogP contribution in [0.1, 0.15) is 12.5 Å². The van der Waals surface area contributed by atoms with Gasteiger partial charge in [0, 0.05) is 20.2 Å². The number of likely N-dealkylation sites (N-methyl/N-ethyl adjacent to an activating group) is 1. The van der Waals surface area contributed by atoms with E-state index in [-0.39, 0.29) is 11.5 Å². The number of rotatable bonds is 5. The van der Waals surface area contributed by atoms with Gasteiger partial charge in [0.1, 0.15) is 12.6 Å². The van der Waals surface area contributed by atoms with Crippen LogP contribution in [0.2, 0.25) is 0 Å². The highest BCUT2D eigenvalue weighted by molar-refractivity contribution is 7.24. The van der Waals surface area contributed by atoms with E-state index in [4.69, 9.17) is 4.74 Å². The van der Waals surface area contributed by atoms with Crippen molar-refractivity contribution in [3.8, 4) is 0 Å². The maximum absolute atomic E-state index is 12.7. The fourth-order valence-corrected chi connectivity index (χ4v) is 4.05. The van der Waals surface area contributed by atoms with Crippen LogP contribution in [0.15, 0.2) is 47.3 Å². The van der Waals surface area contributed by atoms with Crippen LogP contribution in [0.5, 0.6) is 0 Å². The molecule has 3 rings (SSSR count). The number of fused-ring (bicyclic) bond motifs is 2. The van der Waals surface area contributed by atoms with E-state index in [2.05, 4.69) is 34.1 Å². The summed E-state index contributed by atoms with van der Waals surface area (Å²) in [5.74, 6) is 0. The molecule has 0 N–H and O–H groups in total. The fourth-order valence-electron chi connectivity index (χ4n) is 3.00. The monoisotopic (exact) mass is 342 g/mol. The highest BCUT2D eigenvalue weighted by atomic mass is 32.1. The van der Waals surface area contributed by atoms with Gasteiger partial charge in [-0.2, -0.15) is 0 Å². The third-order valence-electron chi connectivity index (χ3n) is 3.98. The molecule has 0 radical (unpaired) electrons. The lowest BCUT2D eigenvalue weighted by Crippen LogP contribution is -2.41. The van der Waals surface area contributed by atoms with Crippen molar-refractivity contribution in [2.24, 2.45) is 0 Å². The molecule has 1 unspecified atom stereocenters. The van der Waals surface area contributed by atoms with Crippen LogP contribution >= 0.6 is 11.3 Å². The molecular formula is C20H24NO2S+. The van der Waals surface area contributed by atoms with Gasteiger partial charge in [-0.25, -0.2) is 0 Å². The van der Waals surface area contributed by atoms with Gasteiger partial charge in [0.25, 0.3) is 0 Å². The molecule has 24 heavy (non-hydrogen) atoms. The van der Waals surface area contributed by atoms with Crippen LogP contribution in [0.3, 0.4) is 0 Å². The maximum Gasteiger partial charge on any atom is 0.195 e. The zero-order valence-corrected chi connectivity index (χ0v) is 15.5. The van der Waals surface area contributed by atoms with Gasteiger partial charge in [-0.1, -0.05) is 18.2 Å². The topological polar surface area (TPSA) is 26.3 Å². The quantitative estimate of drug-likeness (QED) is 0.517. The zero-order chi connectivity index (χ0) is 17.3. The molecule has 0 spiro atoms. The summed E-state index contributed by atoms with van der Waals surface area (Å²) in [5, 5.41) is 1.59. The Morgan fingerprint density at radius 3 is 2.50 bits per heavy atom. The molecule has 1 atom stereocenters. The summed E-state index contributed by atoms with van der Waals surface area (Å²) < 4.78 is 8.91. The van der Waals surface area contributed by atoms with Crippen LogP contribution in [0.25, 0.3) is 20.2 Å². The normalized spacial score (nSPS) is 13.5. The van der Waals surface area contributed by atoms with E-state index in [1.807, 2.05) is 36.4 Å². The Balaban J connectivity index is 1.87. The standard InChI is InChI=1S/C20H24NO2S/c1-14(12-21(2,3)4)23-13-15-9-10-19-17(11-15)20(22)16-7-5-6-8-18(16)24-19/h5-11,14H,12-13H2,1-4H3/q+1. The summed E-state index contributed by atoms with van der Waals surface area (Å²) in [4.78, 5) is 12.7. The molecule has 126 valence electrons. The molecule has 0 saturated carbocycles. The largest absolute Gasteiger partial charge is 0.368 e. The number of quaternary nitrogens is 1. The van der Waals surface area contributed by atoms with Gasteiger partial charge in [-0.3, -0.25) is 4.79 Å². The number of hydrogen-bond acceptors (Lipinski definition) is 3. The van der Waals surface area contributed by atoms with Gasteiger partial charge in [-0.15, -0.1) is 11.3 Å². The summed E-state index contributed by atoms with van der Waals surface area (Å²) in [6, 6.07) is 13.9. The highest BCUT2D eigenvalue weighted by Crippen LogP contribution is 2.25. The van der Waals surface area contributed by atoms with Gasteiger partial charge in [0.15, 0.2) is 5.43 Å². The second-order valence-electron chi connectivity index (χ2n) is 7.35. The van der Waals surface area contributed by atoms with E-state index >= 15 is 0 Å². The van der Waals surface area contributed by atoms with E-state index in [9.17, 15) is 4.79 Å². The van der Waals surface area contributed by atoms with Gasteiger partial charge in [-0.05, 0) is 36.8 Å². The zero-order valence-electron chi connectivity index (χ0n) is 14.7. The molecule has 0 amide bonds. The minimum atomic E-state index is 0.112. The SMILES string of the molecule is CC(C[N+](C)(C)C)OCc1ccc2sc3ccccc3c(=O)c2c1. The molecular weight excluding hydrogens is 318 g/mol. The Morgan fingerprint density at radius 1 is 1.04 bits per heavy atom. The van der Waals surface area contributed by atoms with Crippen LogP contribution in [0, 0.1) is 0 Å². The summed E-state index contributed by atoms with van der Waals surface area (Å²) in [6.45, 7) is 3.58. The predicted molar refractivity (Wildman–Crippen MR) is 103 cm³/mol.